The van der Waals surface area contributed by atoms with Gasteiger partial charge in [0.1, 0.15) is 11.5 Å². The first-order chi connectivity index (χ1) is 13.7. The first kappa shape index (κ1) is 19.2. The number of benzene rings is 3. The molecule has 0 bridgehead atoms. The molecule has 28 heavy (non-hydrogen) atoms. The van der Waals surface area contributed by atoms with Crippen molar-refractivity contribution in [3.63, 3.8) is 0 Å². The monoisotopic (exact) mass is 375 g/mol. The Kier molecular flexibility index (Phi) is 6.41. The van der Waals surface area contributed by atoms with E-state index < -0.39 is 6.04 Å². The molecule has 0 aromatic heterocycles. The Bertz CT molecular complexity index is 940. The molecule has 0 saturated carbocycles. The number of nitrogens with one attached hydrogen (secondary N) is 1. The molecule has 0 radical (unpaired) electrons. The molecule has 3 aromatic rings. The zero-order valence-electron chi connectivity index (χ0n) is 15.5. The summed E-state index contributed by atoms with van der Waals surface area (Å²) < 4.78 is 11.0. The van der Waals surface area contributed by atoms with E-state index in [1.165, 1.54) is 0 Å². The van der Waals surface area contributed by atoms with E-state index in [0.29, 0.717) is 23.3 Å². The van der Waals surface area contributed by atoms with Crippen LogP contribution in [0.25, 0.3) is 0 Å². The van der Waals surface area contributed by atoms with Crippen LogP contribution in [-0.4, -0.2) is 25.9 Å². The van der Waals surface area contributed by atoms with Crippen LogP contribution in [0.3, 0.4) is 0 Å². The number of carbonyl (C=O) groups excluding carboxylic acids is 2. The Morgan fingerprint density at radius 1 is 0.929 bits per heavy atom. The first-order valence-electron chi connectivity index (χ1n) is 8.87. The molecule has 0 saturated heterocycles. The average Bonchev–Trinajstić information content (AvgIpc) is 2.76. The second-order valence-corrected chi connectivity index (χ2v) is 6.10. The van der Waals surface area contributed by atoms with Gasteiger partial charge < -0.3 is 14.8 Å². The predicted molar refractivity (Wildman–Crippen MR) is 107 cm³/mol. The van der Waals surface area contributed by atoms with Crippen LogP contribution in [0.4, 0.5) is 0 Å². The molecule has 1 N–H and O–H groups in total. The maximum atomic E-state index is 12.6. The third kappa shape index (κ3) is 4.57. The molecule has 5 nitrogen and oxygen atoms in total. The zero-order chi connectivity index (χ0) is 19.8. The van der Waals surface area contributed by atoms with Crippen molar-refractivity contribution in [1.29, 1.82) is 0 Å². The summed E-state index contributed by atoms with van der Waals surface area (Å²) >= 11 is 0. The van der Waals surface area contributed by atoms with Gasteiger partial charge in [-0.2, -0.15) is 0 Å². The van der Waals surface area contributed by atoms with Crippen molar-refractivity contribution in [3.05, 3.63) is 95.6 Å². The first-order valence-corrected chi connectivity index (χ1v) is 8.87. The standard InChI is InChI=1S/C23H21NO4/c1-27-21-14-8-6-12-19(21)23(17-9-3-2-4-10-17)24-22(26)16-28-20-13-7-5-11-18(20)15-25/h2-15,23H,16H2,1H3,(H,24,26). The van der Waals surface area contributed by atoms with Gasteiger partial charge >= 0.3 is 0 Å². The van der Waals surface area contributed by atoms with Crippen LogP contribution >= 0.6 is 0 Å². The fraction of sp³-hybridized carbons (Fsp3) is 0.130. The maximum absolute atomic E-state index is 12.6. The summed E-state index contributed by atoms with van der Waals surface area (Å²) in [6.07, 6.45) is 0.703. The van der Waals surface area contributed by atoms with Gasteiger partial charge in [0.05, 0.1) is 18.7 Å². The Labute approximate surface area is 163 Å². The summed E-state index contributed by atoms with van der Waals surface area (Å²) in [6, 6.07) is 23.6. The molecule has 3 rings (SSSR count). The second-order valence-electron chi connectivity index (χ2n) is 6.10. The highest BCUT2D eigenvalue weighted by molar-refractivity contribution is 5.81. The van der Waals surface area contributed by atoms with Gasteiger partial charge in [-0.25, -0.2) is 0 Å². The van der Waals surface area contributed by atoms with E-state index in [2.05, 4.69) is 5.32 Å². The summed E-state index contributed by atoms with van der Waals surface area (Å²) in [4.78, 5) is 23.7. The highest BCUT2D eigenvalue weighted by atomic mass is 16.5. The van der Waals surface area contributed by atoms with E-state index in [-0.39, 0.29) is 12.5 Å². The number of para-hydroxylation sites is 2. The van der Waals surface area contributed by atoms with Crippen molar-refractivity contribution < 1.29 is 19.1 Å². The third-order valence-electron chi connectivity index (χ3n) is 4.29. The second kappa shape index (κ2) is 9.37. The molecule has 1 atom stereocenters. The van der Waals surface area contributed by atoms with Gasteiger partial charge in [0.2, 0.25) is 0 Å². The van der Waals surface area contributed by atoms with Crippen LogP contribution in [-0.2, 0) is 4.79 Å². The van der Waals surface area contributed by atoms with Crippen LogP contribution in [0, 0.1) is 0 Å². The molecule has 142 valence electrons. The topological polar surface area (TPSA) is 64.6 Å². The molecule has 5 heteroatoms. The lowest BCUT2D eigenvalue weighted by Gasteiger charge is -2.22. The van der Waals surface area contributed by atoms with Gasteiger partial charge in [-0.3, -0.25) is 9.59 Å². The van der Waals surface area contributed by atoms with Crippen LogP contribution < -0.4 is 14.8 Å². The highest BCUT2D eigenvalue weighted by Crippen LogP contribution is 2.29. The number of methoxy groups -OCH3 is 1. The van der Waals surface area contributed by atoms with Gasteiger partial charge in [-0.1, -0.05) is 60.7 Å². The number of carbonyl (C=O) groups is 2. The molecule has 0 fully saturated rings. The Hall–Kier alpha value is -3.60. The van der Waals surface area contributed by atoms with Crippen molar-refractivity contribution in [2.45, 2.75) is 6.04 Å². The lowest BCUT2D eigenvalue weighted by molar-refractivity contribution is -0.123. The van der Waals surface area contributed by atoms with Gasteiger partial charge in [-0.05, 0) is 23.8 Å². The summed E-state index contributed by atoms with van der Waals surface area (Å²) in [7, 11) is 1.60. The average molecular weight is 375 g/mol. The fourth-order valence-electron chi connectivity index (χ4n) is 2.95. The smallest absolute Gasteiger partial charge is 0.258 e. The van der Waals surface area contributed by atoms with Gasteiger partial charge in [0.15, 0.2) is 12.9 Å². The van der Waals surface area contributed by atoms with E-state index in [9.17, 15) is 9.59 Å². The molecule has 0 aliphatic rings. The van der Waals surface area contributed by atoms with Crippen molar-refractivity contribution in [3.8, 4) is 11.5 Å². The van der Waals surface area contributed by atoms with Crippen LogP contribution in [0.1, 0.15) is 27.5 Å². The Morgan fingerprint density at radius 3 is 2.29 bits per heavy atom. The van der Waals surface area contributed by atoms with Crippen LogP contribution in [0.5, 0.6) is 11.5 Å². The summed E-state index contributed by atoms with van der Waals surface area (Å²) in [5.41, 5.74) is 2.17. The molecule has 0 aliphatic heterocycles. The van der Waals surface area contributed by atoms with Crippen LogP contribution in [0.15, 0.2) is 78.9 Å². The molecular weight excluding hydrogens is 354 g/mol. The summed E-state index contributed by atoms with van der Waals surface area (Å²) in [5.74, 6) is 0.755. The largest absolute Gasteiger partial charge is 0.496 e. The van der Waals surface area contributed by atoms with Gasteiger partial charge in [0, 0.05) is 5.56 Å². The molecule has 1 amide bonds. The van der Waals surface area contributed by atoms with E-state index in [0.717, 1.165) is 11.1 Å². The van der Waals surface area contributed by atoms with Crippen molar-refractivity contribution in [2.75, 3.05) is 13.7 Å². The normalized spacial score (nSPS) is 11.3. The minimum Gasteiger partial charge on any atom is -0.496 e. The predicted octanol–water partition coefficient (Wildman–Crippen LogP) is 3.79. The Morgan fingerprint density at radius 2 is 1.57 bits per heavy atom. The number of hydrogen-bond donors (Lipinski definition) is 1. The SMILES string of the molecule is COc1ccccc1C(NC(=O)COc1ccccc1C=O)c1ccccc1. The van der Waals surface area contributed by atoms with E-state index in [1.54, 1.807) is 31.4 Å². The number of aldehydes is 1. The maximum Gasteiger partial charge on any atom is 0.258 e. The summed E-state index contributed by atoms with van der Waals surface area (Å²) in [5, 5.41) is 3.00. The minimum absolute atomic E-state index is 0.205. The third-order valence-corrected chi connectivity index (χ3v) is 4.29. The van der Waals surface area contributed by atoms with Crippen molar-refractivity contribution in [1.82, 2.24) is 5.32 Å². The molecule has 1 unspecified atom stereocenters. The molecular formula is C23H21NO4. The fourth-order valence-corrected chi connectivity index (χ4v) is 2.95. The molecule has 3 aromatic carbocycles. The lowest BCUT2D eigenvalue weighted by Crippen LogP contribution is -2.33. The van der Waals surface area contributed by atoms with E-state index in [1.807, 2.05) is 54.6 Å². The number of rotatable bonds is 8. The van der Waals surface area contributed by atoms with Gasteiger partial charge in [0.25, 0.3) is 5.91 Å². The van der Waals surface area contributed by atoms with E-state index in [4.69, 9.17) is 9.47 Å². The van der Waals surface area contributed by atoms with Gasteiger partial charge in [-0.15, -0.1) is 0 Å². The Balaban J connectivity index is 1.80. The number of amides is 1. The van der Waals surface area contributed by atoms with Crippen molar-refractivity contribution >= 4 is 12.2 Å². The lowest BCUT2D eigenvalue weighted by atomic mass is 9.97. The highest BCUT2D eigenvalue weighted by Gasteiger charge is 2.20. The molecule has 0 spiro atoms. The van der Waals surface area contributed by atoms with Crippen LogP contribution in [0.2, 0.25) is 0 Å². The number of ether oxygens (including phenoxy) is 2. The van der Waals surface area contributed by atoms with Crippen molar-refractivity contribution in [2.24, 2.45) is 0 Å². The minimum atomic E-state index is -0.394. The number of hydrogen-bond acceptors (Lipinski definition) is 4. The quantitative estimate of drug-likeness (QED) is 0.609. The molecule has 0 heterocycles. The van der Waals surface area contributed by atoms with E-state index >= 15 is 0 Å². The molecule has 0 aliphatic carbocycles. The zero-order valence-corrected chi connectivity index (χ0v) is 15.5. The summed E-state index contributed by atoms with van der Waals surface area (Å²) in [6.45, 7) is -0.205.